The van der Waals surface area contributed by atoms with Crippen LogP contribution in [0.3, 0.4) is 0 Å². The van der Waals surface area contributed by atoms with Crippen LogP contribution in [0.25, 0.3) is 10.2 Å². The summed E-state index contributed by atoms with van der Waals surface area (Å²) in [6.45, 7) is 3.99. The molecule has 1 N–H and O–H groups in total. The van der Waals surface area contributed by atoms with Crippen molar-refractivity contribution in [3.8, 4) is 0 Å². The monoisotopic (exact) mass is 456 g/mol. The minimum Gasteiger partial charge on any atom is -0.301 e. The molecule has 0 aliphatic carbocycles. The molecule has 0 fully saturated rings. The highest BCUT2D eigenvalue weighted by molar-refractivity contribution is 8.03. The molecule has 2 aliphatic heterocycles. The van der Waals surface area contributed by atoms with Crippen LogP contribution in [0.4, 0.5) is 9.93 Å². The lowest BCUT2D eigenvalue weighted by atomic mass is 9.97. The number of hydrogen-bond acceptors (Lipinski definition) is 7. The summed E-state index contributed by atoms with van der Waals surface area (Å²) in [6.07, 6.45) is 2.35. The maximum Gasteiger partial charge on any atom is 0.445 e. The van der Waals surface area contributed by atoms with E-state index in [1.54, 1.807) is 13.3 Å². The minimum atomic E-state index is -0.670. The molecule has 3 heterocycles. The maximum atomic E-state index is 12.9. The third kappa shape index (κ3) is 3.92. The number of thiazole rings is 1. The number of amidine groups is 1. The van der Waals surface area contributed by atoms with Crippen molar-refractivity contribution in [2.75, 3.05) is 25.2 Å². The molecule has 1 unspecified atom stereocenters. The fraction of sp³-hybridized carbons (Fsp3) is 0.333. The van der Waals surface area contributed by atoms with Gasteiger partial charge in [0.25, 0.3) is 5.84 Å². The molecule has 0 saturated heterocycles. The van der Waals surface area contributed by atoms with Crippen molar-refractivity contribution < 1.29 is 19.0 Å². The van der Waals surface area contributed by atoms with Crippen molar-refractivity contribution >= 4 is 68.3 Å². The number of aryl methyl sites for hydroxylation is 1. The molecule has 0 radical (unpaired) electrons. The fourth-order valence-electron chi connectivity index (χ4n) is 3.52. The Kier molecular flexibility index (Phi) is 5.76. The number of aromatic nitrogens is 1. The number of urea groups is 1. The SMILES string of the molecule is CCC1=C(SCC(=O)Nc2nc3ccc(C)cc3s2)C2C(=O)N(C)C(=O)[N+](C)=C2N=C1. The number of hydrogen-bond donors (Lipinski definition) is 1. The van der Waals surface area contributed by atoms with Gasteiger partial charge < -0.3 is 5.32 Å². The molecule has 0 bridgehead atoms. The predicted molar refractivity (Wildman–Crippen MR) is 124 cm³/mol. The molecule has 4 amide bonds. The van der Waals surface area contributed by atoms with Gasteiger partial charge in [-0.3, -0.25) is 9.59 Å². The van der Waals surface area contributed by atoms with E-state index in [0.29, 0.717) is 17.4 Å². The van der Waals surface area contributed by atoms with E-state index in [0.717, 1.165) is 31.2 Å². The zero-order valence-corrected chi connectivity index (χ0v) is 19.3. The number of fused-ring (bicyclic) bond motifs is 2. The average Bonchev–Trinajstić information content (AvgIpc) is 3.15. The molecule has 2 aliphatic rings. The van der Waals surface area contributed by atoms with Crippen molar-refractivity contribution in [2.45, 2.75) is 20.3 Å². The number of imide groups is 1. The van der Waals surface area contributed by atoms with Crippen LogP contribution >= 0.6 is 23.1 Å². The number of allylic oxidation sites excluding steroid dienone is 1. The largest absolute Gasteiger partial charge is 0.445 e. The third-order valence-corrected chi connectivity index (χ3v) is 7.36. The van der Waals surface area contributed by atoms with Crippen LogP contribution in [0.2, 0.25) is 0 Å². The van der Waals surface area contributed by atoms with E-state index in [-0.39, 0.29) is 17.6 Å². The first-order chi connectivity index (χ1) is 14.8. The summed E-state index contributed by atoms with van der Waals surface area (Å²) < 4.78 is 2.41. The topological polar surface area (TPSA) is 94.7 Å². The maximum absolute atomic E-state index is 12.9. The molecule has 8 nitrogen and oxygen atoms in total. The third-order valence-electron chi connectivity index (χ3n) is 5.21. The van der Waals surface area contributed by atoms with Crippen molar-refractivity contribution in [3.05, 3.63) is 34.2 Å². The Morgan fingerprint density at radius 1 is 1.35 bits per heavy atom. The van der Waals surface area contributed by atoms with Gasteiger partial charge in [-0.05, 0) is 36.6 Å². The molecular weight excluding hydrogens is 434 g/mol. The van der Waals surface area contributed by atoms with E-state index in [9.17, 15) is 14.4 Å². The molecule has 10 heteroatoms. The number of anilines is 1. The van der Waals surface area contributed by atoms with Crippen LogP contribution in [0.1, 0.15) is 18.9 Å². The second-order valence-electron chi connectivity index (χ2n) is 7.36. The molecule has 1 atom stereocenters. The lowest BCUT2D eigenvalue weighted by Crippen LogP contribution is -2.52. The Labute approximate surface area is 187 Å². The van der Waals surface area contributed by atoms with Gasteiger partial charge in [-0.2, -0.15) is 9.48 Å². The Morgan fingerprint density at radius 2 is 2.13 bits per heavy atom. The van der Waals surface area contributed by atoms with Crippen LogP contribution in [0.15, 0.2) is 33.7 Å². The number of nitrogens with one attached hydrogen (secondary N) is 1. The van der Waals surface area contributed by atoms with Crippen molar-refractivity contribution in [1.29, 1.82) is 0 Å². The van der Waals surface area contributed by atoms with E-state index < -0.39 is 11.9 Å². The summed E-state index contributed by atoms with van der Waals surface area (Å²) in [5, 5.41) is 3.40. The summed E-state index contributed by atoms with van der Waals surface area (Å²) in [5.41, 5.74) is 2.88. The van der Waals surface area contributed by atoms with Gasteiger partial charge in [-0.15, -0.1) is 16.8 Å². The second-order valence-corrected chi connectivity index (χ2v) is 9.41. The Balaban J connectivity index is 1.53. The first-order valence-electron chi connectivity index (χ1n) is 9.79. The Bertz CT molecular complexity index is 1210. The van der Waals surface area contributed by atoms with Gasteiger partial charge in [0.1, 0.15) is 6.21 Å². The quantitative estimate of drug-likeness (QED) is 0.697. The van der Waals surface area contributed by atoms with Crippen molar-refractivity contribution in [2.24, 2.45) is 10.9 Å². The van der Waals surface area contributed by atoms with Gasteiger partial charge in [-0.1, -0.05) is 24.3 Å². The Hall–Kier alpha value is -2.85. The minimum absolute atomic E-state index is 0.125. The van der Waals surface area contributed by atoms with E-state index in [1.807, 2.05) is 32.0 Å². The first-order valence-corrected chi connectivity index (χ1v) is 11.6. The van der Waals surface area contributed by atoms with E-state index in [2.05, 4.69) is 15.3 Å². The molecule has 0 spiro atoms. The highest BCUT2D eigenvalue weighted by Gasteiger charge is 2.48. The molecule has 1 aromatic carbocycles. The lowest BCUT2D eigenvalue weighted by molar-refractivity contribution is -0.407. The van der Waals surface area contributed by atoms with Crippen molar-refractivity contribution in [3.63, 3.8) is 0 Å². The molecule has 0 saturated carbocycles. The van der Waals surface area contributed by atoms with E-state index >= 15 is 0 Å². The number of aliphatic imine (C=N–C) groups is 1. The lowest BCUT2D eigenvalue weighted by Gasteiger charge is -2.28. The number of rotatable bonds is 5. The number of nitrogens with zero attached hydrogens (tertiary/aromatic N) is 4. The van der Waals surface area contributed by atoms with Crippen LogP contribution in [-0.2, 0) is 9.59 Å². The number of carbonyl (C=O) groups is 3. The summed E-state index contributed by atoms with van der Waals surface area (Å²) in [4.78, 5) is 48.5. The fourth-order valence-corrected chi connectivity index (χ4v) is 5.62. The molecular formula is C21H22N5O3S2+. The summed E-state index contributed by atoms with van der Waals surface area (Å²) in [7, 11) is 3.07. The van der Waals surface area contributed by atoms with Gasteiger partial charge in [0.05, 0.1) is 30.1 Å². The molecule has 160 valence electrons. The molecule has 4 rings (SSSR count). The average molecular weight is 457 g/mol. The smallest absolute Gasteiger partial charge is 0.301 e. The number of thioether (sulfide) groups is 1. The summed E-state index contributed by atoms with van der Waals surface area (Å²) in [6, 6.07) is 5.55. The number of carbonyl (C=O) groups excluding carboxylic acids is 3. The van der Waals surface area contributed by atoms with E-state index in [1.165, 1.54) is 34.7 Å². The number of amides is 4. The summed E-state index contributed by atoms with van der Waals surface area (Å²) in [5.74, 6) is -0.676. The Morgan fingerprint density at radius 3 is 2.87 bits per heavy atom. The number of dihydropyridines is 1. The zero-order valence-electron chi connectivity index (χ0n) is 17.6. The highest BCUT2D eigenvalue weighted by Crippen LogP contribution is 2.36. The van der Waals surface area contributed by atoms with Crippen LogP contribution in [0, 0.1) is 12.8 Å². The van der Waals surface area contributed by atoms with Crippen LogP contribution in [-0.4, -0.2) is 64.2 Å². The predicted octanol–water partition coefficient (Wildman–Crippen LogP) is 3.27. The standard InChI is InChI=1S/C21H21N5O3S2/c1-5-12-9-22-18-16(19(28)26(4)21(29)25(18)3)17(12)30-10-15(27)24-20-23-13-7-6-11(2)8-14(13)31-20/h6-9,16H,5,10H2,1-4H3/p+1. The first kappa shape index (κ1) is 21.4. The molecule has 1 aromatic heterocycles. The van der Waals surface area contributed by atoms with Crippen LogP contribution in [0.5, 0.6) is 0 Å². The van der Waals surface area contributed by atoms with Gasteiger partial charge in [-0.25, -0.2) is 9.78 Å². The van der Waals surface area contributed by atoms with Gasteiger partial charge in [0.15, 0.2) is 11.0 Å². The van der Waals surface area contributed by atoms with Crippen LogP contribution < -0.4 is 5.32 Å². The second kappa shape index (κ2) is 8.35. The molecule has 31 heavy (non-hydrogen) atoms. The zero-order chi connectivity index (χ0) is 22.3. The normalized spacial score (nSPS) is 18.8. The summed E-state index contributed by atoms with van der Waals surface area (Å²) >= 11 is 2.74. The van der Waals surface area contributed by atoms with E-state index in [4.69, 9.17) is 0 Å². The van der Waals surface area contributed by atoms with Crippen molar-refractivity contribution in [1.82, 2.24) is 9.88 Å². The van der Waals surface area contributed by atoms with Gasteiger partial charge >= 0.3 is 11.9 Å². The highest BCUT2D eigenvalue weighted by atomic mass is 32.2. The van der Waals surface area contributed by atoms with Gasteiger partial charge in [0.2, 0.25) is 5.91 Å². The molecule has 2 aromatic rings. The van der Waals surface area contributed by atoms with Gasteiger partial charge in [0, 0.05) is 4.91 Å². The number of benzene rings is 1.